The Morgan fingerprint density at radius 3 is 2.00 bits per heavy atom. The van der Waals surface area contributed by atoms with E-state index in [0.717, 1.165) is 15.4 Å². The van der Waals surface area contributed by atoms with Gasteiger partial charge in [0.15, 0.2) is 11.5 Å². The average molecular weight is 665 g/mol. The van der Waals surface area contributed by atoms with Crippen LogP contribution in [0.5, 0.6) is 11.5 Å². The molecule has 1 N–H and O–H groups in total. The van der Waals surface area contributed by atoms with Crippen LogP contribution in [0.15, 0.2) is 59.5 Å². The van der Waals surface area contributed by atoms with Crippen LogP contribution in [0.25, 0.3) is 0 Å². The standard InChI is InChI=1S/C32H39Cl2N3O6S/c1-20-14-21(2)16-23(15-20)37(44(40,41)24-12-13-28(42-7)29(17-24)43-8)19-30(38)36(22(3)31(39)35-32(4,5)6)18-25-26(33)10-9-11-27(25)34/h9-17,22H,18-19H2,1-8H3,(H,35,39)/t22-/m1/s1. The van der Waals surface area contributed by atoms with Gasteiger partial charge in [-0.1, -0.05) is 35.3 Å². The molecule has 0 fully saturated rings. The zero-order valence-corrected chi connectivity index (χ0v) is 28.5. The van der Waals surface area contributed by atoms with Crippen LogP contribution in [0.3, 0.4) is 0 Å². The van der Waals surface area contributed by atoms with Crippen molar-refractivity contribution >= 4 is 50.7 Å². The smallest absolute Gasteiger partial charge is 0.264 e. The van der Waals surface area contributed by atoms with Crippen LogP contribution in [0.1, 0.15) is 44.4 Å². The second-order valence-corrected chi connectivity index (χ2v) is 14.2. The second-order valence-electron chi connectivity index (χ2n) is 11.5. The first-order valence-corrected chi connectivity index (χ1v) is 16.1. The van der Waals surface area contributed by atoms with E-state index in [1.807, 2.05) is 40.7 Å². The fraction of sp³-hybridized carbons (Fsp3) is 0.375. The number of carbonyl (C=O) groups excluding carboxylic acids is 2. The summed E-state index contributed by atoms with van der Waals surface area (Å²) in [5.74, 6) is -0.500. The summed E-state index contributed by atoms with van der Waals surface area (Å²) in [5, 5.41) is 3.51. The highest BCUT2D eigenvalue weighted by Crippen LogP contribution is 2.33. The zero-order chi connectivity index (χ0) is 33.0. The summed E-state index contributed by atoms with van der Waals surface area (Å²) in [6, 6.07) is 13.4. The maximum atomic E-state index is 14.3. The van der Waals surface area contributed by atoms with Crippen molar-refractivity contribution in [3.05, 3.63) is 81.3 Å². The van der Waals surface area contributed by atoms with Gasteiger partial charge in [-0.2, -0.15) is 0 Å². The normalized spacial score (nSPS) is 12.3. The SMILES string of the molecule is COc1ccc(S(=O)(=O)N(CC(=O)N(Cc2c(Cl)cccc2Cl)[C@H](C)C(=O)NC(C)(C)C)c2cc(C)cc(C)c2)cc1OC. The molecular formula is C32H39Cl2N3O6S. The van der Waals surface area contributed by atoms with E-state index >= 15 is 0 Å². The molecule has 0 aliphatic heterocycles. The van der Waals surface area contributed by atoms with E-state index < -0.39 is 40.0 Å². The number of aryl methyl sites for hydroxylation is 2. The topological polar surface area (TPSA) is 105 Å². The molecule has 0 unspecified atom stereocenters. The van der Waals surface area contributed by atoms with Gasteiger partial charge in [0.2, 0.25) is 11.8 Å². The Labute approximate surface area is 270 Å². The third-order valence-corrected chi connectivity index (χ3v) is 9.25. The van der Waals surface area contributed by atoms with Crippen molar-refractivity contribution in [2.45, 2.75) is 64.6 Å². The number of methoxy groups -OCH3 is 2. The van der Waals surface area contributed by atoms with Crippen molar-refractivity contribution in [1.82, 2.24) is 10.2 Å². The Morgan fingerprint density at radius 2 is 1.48 bits per heavy atom. The molecular weight excluding hydrogens is 625 g/mol. The van der Waals surface area contributed by atoms with Crippen LogP contribution in [0.4, 0.5) is 5.69 Å². The first-order chi connectivity index (χ1) is 20.5. The highest BCUT2D eigenvalue weighted by molar-refractivity contribution is 7.92. The van der Waals surface area contributed by atoms with E-state index in [1.165, 1.54) is 37.3 Å². The number of halogens is 2. The maximum absolute atomic E-state index is 14.3. The van der Waals surface area contributed by atoms with Crippen LogP contribution in [0.2, 0.25) is 10.0 Å². The third-order valence-electron chi connectivity index (χ3n) is 6.77. The molecule has 0 aromatic heterocycles. The van der Waals surface area contributed by atoms with Crippen molar-refractivity contribution in [1.29, 1.82) is 0 Å². The number of benzene rings is 3. The summed E-state index contributed by atoms with van der Waals surface area (Å²) < 4.78 is 40.2. The molecule has 0 heterocycles. The molecule has 0 spiro atoms. The van der Waals surface area contributed by atoms with Crippen molar-refractivity contribution in [3.8, 4) is 11.5 Å². The molecule has 1 atom stereocenters. The van der Waals surface area contributed by atoms with E-state index in [1.54, 1.807) is 37.3 Å². The Hall–Kier alpha value is -3.47. The molecule has 3 rings (SSSR count). The number of nitrogens with one attached hydrogen (secondary N) is 1. The van der Waals surface area contributed by atoms with Crippen molar-refractivity contribution in [2.75, 3.05) is 25.1 Å². The van der Waals surface area contributed by atoms with Gasteiger partial charge < -0.3 is 19.7 Å². The van der Waals surface area contributed by atoms with Crippen LogP contribution >= 0.6 is 23.2 Å². The van der Waals surface area contributed by atoms with E-state index in [0.29, 0.717) is 21.4 Å². The minimum absolute atomic E-state index is 0.110. The second kappa shape index (κ2) is 14.1. The summed E-state index contributed by atoms with van der Waals surface area (Å²) in [7, 11) is -1.49. The fourth-order valence-corrected chi connectivity index (χ4v) is 6.57. The summed E-state index contributed by atoms with van der Waals surface area (Å²) in [5.41, 5.74) is 1.74. The van der Waals surface area contributed by atoms with E-state index in [4.69, 9.17) is 32.7 Å². The molecule has 0 saturated heterocycles. The molecule has 3 aromatic rings. The van der Waals surface area contributed by atoms with E-state index in [-0.39, 0.29) is 22.9 Å². The van der Waals surface area contributed by atoms with Gasteiger partial charge in [0.25, 0.3) is 10.0 Å². The van der Waals surface area contributed by atoms with Crippen LogP contribution in [-0.2, 0) is 26.2 Å². The largest absolute Gasteiger partial charge is 0.493 e. The van der Waals surface area contributed by atoms with Gasteiger partial charge in [0.05, 0.1) is 24.8 Å². The number of amides is 2. The molecule has 0 aliphatic carbocycles. The first-order valence-electron chi connectivity index (χ1n) is 13.9. The van der Waals surface area contributed by atoms with Crippen LogP contribution < -0.4 is 19.1 Å². The summed E-state index contributed by atoms with van der Waals surface area (Å²) in [6.07, 6.45) is 0. The van der Waals surface area contributed by atoms with Gasteiger partial charge in [0, 0.05) is 33.8 Å². The monoisotopic (exact) mass is 663 g/mol. The van der Waals surface area contributed by atoms with Gasteiger partial charge in [-0.05, 0) is 89.1 Å². The van der Waals surface area contributed by atoms with Gasteiger partial charge in [-0.3, -0.25) is 13.9 Å². The molecule has 0 radical (unpaired) electrons. The van der Waals surface area contributed by atoms with Crippen molar-refractivity contribution in [2.24, 2.45) is 0 Å². The minimum atomic E-state index is -4.34. The van der Waals surface area contributed by atoms with Gasteiger partial charge >= 0.3 is 0 Å². The Kier molecular flexibility index (Phi) is 11.2. The number of nitrogens with zero attached hydrogens (tertiary/aromatic N) is 2. The Morgan fingerprint density at radius 1 is 0.909 bits per heavy atom. The predicted molar refractivity (Wildman–Crippen MR) is 174 cm³/mol. The molecule has 44 heavy (non-hydrogen) atoms. The lowest BCUT2D eigenvalue weighted by Crippen LogP contribution is -2.54. The summed E-state index contributed by atoms with van der Waals surface area (Å²) in [6.45, 7) is 9.98. The van der Waals surface area contributed by atoms with Crippen molar-refractivity contribution < 1.29 is 27.5 Å². The number of hydrogen-bond donors (Lipinski definition) is 1. The Bertz CT molecular complexity index is 1600. The number of anilines is 1. The molecule has 2 amide bonds. The molecule has 3 aromatic carbocycles. The van der Waals surface area contributed by atoms with Gasteiger partial charge in [0.1, 0.15) is 12.6 Å². The Balaban J connectivity index is 2.15. The van der Waals surface area contributed by atoms with Crippen LogP contribution in [-0.4, -0.2) is 57.5 Å². The number of rotatable bonds is 11. The first kappa shape index (κ1) is 35.0. The maximum Gasteiger partial charge on any atom is 0.264 e. The lowest BCUT2D eigenvalue weighted by molar-refractivity contribution is -0.140. The highest BCUT2D eigenvalue weighted by Gasteiger charge is 2.34. The third kappa shape index (κ3) is 8.37. The molecule has 9 nitrogen and oxygen atoms in total. The number of ether oxygens (including phenoxy) is 2. The molecule has 12 heteroatoms. The summed E-state index contributed by atoms with van der Waals surface area (Å²) in [4.78, 5) is 28.8. The quantitative estimate of drug-likeness (QED) is 0.264. The lowest BCUT2D eigenvalue weighted by atomic mass is 10.1. The number of hydrogen-bond acceptors (Lipinski definition) is 6. The van der Waals surface area contributed by atoms with Crippen LogP contribution in [0, 0.1) is 13.8 Å². The lowest BCUT2D eigenvalue weighted by Gasteiger charge is -2.34. The van der Waals surface area contributed by atoms with Gasteiger partial charge in [-0.25, -0.2) is 8.42 Å². The van der Waals surface area contributed by atoms with Gasteiger partial charge in [-0.15, -0.1) is 0 Å². The molecule has 0 saturated carbocycles. The predicted octanol–water partition coefficient (Wildman–Crippen LogP) is 6.15. The van der Waals surface area contributed by atoms with E-state index in [9.17, 15) is 18.0 Å². The molecule has 0 bridgehead atoms. The molecule has 238 valence electrons. The number of carbonyl (C=O) groups is 2. The molecule has 0 aliphatic rings. The van der Waals surface area contributed by atoms with Crippen molar-refractivity contribution in [3.63, 3.8) is 0 Å². The van der Waals surface area contributed by atoms with E-state index in [2.05, 4.69) is 5.32 Å². The number of sulfonamides is 1. The minimum Gasteiger partial charge on any atom is -0.493 e. The zero-order valence-electron chi connectivity index (χ0n) is 26.2. The average Bonchev–Trinajstić information content (AvgIpc) is 2.93. The summed E-state index contributed by atoms with van der Waals surface area (Å²) >= 11 is 12.9. The highest BCUT2D eigenvalue weighted by atomic mass is 35.5. The fourth-order valence-electron chi connectivity index (χ4n) is 4.64.